The second-order valence-corrected chi connectivity index (χ2v) is 9.79. The summed E-state index contributed by atoms with van der Waals surface area (Å²) in [5, 5.41) is 20.6. The van der Waals surface area contributed by atoms with E-state index in [9.17, 15) is 14.3 Å². The highest BCUT2D eigenvalue weighted by atomic mass is 19.1. The van der Waals surface area contributed by atoms with Crippen LogP contribution in [0, 0.1) is 24.6 Å². The van der Waals surface area contributed by atoms with E-state index in [2.05, 4.69) is 0 Å². The van der Waals surface area contributed by atoms with Crippen LogP contribution in [0.2, 0.25) is 0 Å². The topological polar surface area (TPSA) is 80.9 Å². The molecule has 6 nitrogen and oxygen atoms in total. The van der Waals surface area contributed by atoms with Crippen LogP contribution in [0.1, 0.15) is 46.8 Å². The lowest BCUT2D eigenvalue weighted by Crippen LogP contribution is -2.22. The van der Waals surface area contributed by atoms with E-state index in [1.807, 2.05) is 48.1 Å². The SMILES string of the molecule is COc1cc([C@@H](O)[C@H](CC2Cc3ccc(F)cc3C2)Cn2ccc(CCC(=O)O)c2)cc(OC)c1C. The quantitative estimate of drug-likeness (QED) is 0.386. The second-order valence-electron chi connectivity index (χ2n) is 9.79. The number of hydrogen-bond donors (Lipinski definition) is 2. The normalized spacial score (nSPS) is 16.4. The van der Waals surface area contributed by atoms with Crippen molar-refractivity contribution in [2.24, 2.45) is 11.8 Å². The van der Waals surface area contributed by atoms with Gasteiger partial charge in [0.05, 0.1) is 20.3 Å². The Morgan fingerprint density at radius 3 is 2.47 bits per heavy atom. The zero-order valence-electron chi connectivity index (χ0n) is 21.0. The first-order valence-corrected chi connectivity index (χ1v) is 12.3. The van der Waals surface area contributed by atoms with Gasteiger partial charge in [0, 0.05) is 36.8 Å². The number of carbonyl (C=O) groups is 1. The van der Waals surface area contributed by atoms with Crippen molar-refractivity contribution < 1.29 is 28.9 Å². The van der Waals surface area contributed by atoms with Gasteiger partial charge < -0.3 is 24.3 Å². The van der Waals surface area contributed by atoms with E-state index >= 15 is 0 Å². The number of aryl methyl sites for hydroxylation is 1. The van der Waals surface area contributed by atoms with E-state index in [0.29, 0.717) is 24.5 Å². The first-order valence-electron chi connectivity index (χ1n) is 12.3. The summed E-state index contributed by atoms with van der Waals surface area (Å²) in [4.78, 5) is 11.0. The number of aliphatic hydroxyl groups excluding tert-OH is 1. The minimum absolute atomic E-state index is 0.0793. The predicted molar refractivity (Wildman–Crippen MR) is 135 cm³/mol. The van der Waals surface area contributed by atoms with Crippen LogP contribution >= 0.6 is 0 Å². The average Bonchev–Trinajstić information content (AvgIpc) is 3.47. The van der Waals surface area contributed by atoms with Gasteiger partial charge in [0.25, 0.3) is 0 Å². The largest absolute Gasteiger partial charge is 0.496 e. The molecule has 0 spiro atoms. The number of nitrogens with zero attached hydrogens (tertiary/aromatic N) is 1. The molecule has 1 aliphatic carbocycles. The van der Waals surface area contributed by atoms with E-state index in [1.165, 1.54) is 11.6 Å². The third-order valence-corrected chi connectivity index (χ3v) is 7.27. The summed E-state index contributed by atoms with van der Waals surface area (Å²) in [6.07, 6.45) is 6.05. The van der Waals surface area contributed by atoms with Crippen molar-refractivity contribution >= 4 is 5.97 Å². The van der Waals surface area contributed by atoms with Crippen LogP contribution in [-0.2, 0) is 30.6 Å². The predicted octanol–water partition coefficient (Wildman–Crippen LogP) is 5.12. The number of carboxylic acids is 1. The van der Waals surface area contributed by atoms with Crippen LogP contribution < -0.4 is 9.47 Å². The number of aliphatic carboxylic acids is 1. The molecular formula is C29H34FNO5. The van der Waals surface area contributed by atoms with Gasteiger partial charge in [-0.1, -0.05) is 6.07 Å². The van der Waals surface area contributed by atoms with E-state index in [1.54, 1.807) is 20.3 Å². The molecule has 0 amide bonds. The molecule has 2 aromatic carbocycles. The number of carboxylic acid groups (broad SMARTS) is 1. The first kappa shape index (κ1) is 25.8. The van der Waals surface area contributed by atoms with Gasteiger partial charge in [-0.15, -0.1) is 0 Å². The van der Waals surface area contributed by atoms with E-state index < -0.39 is 12.1 Å². The standard InChI is InChI=1S/C29H34FNO5/c1-18-26(35-2)14-23(15-27(18)36-3)29(34)24(17-31-9-8-19(16-31)4-7-28(32)33)12-20-10-21-5-6-25(30)13-22(21)11-20/h5-6,8-9,13-16,20,24,29,34H,4,7,10-12,17H2,1-3H3,(H,32,33)/t20?,24-,29-/m1/s1. The molecule has 3 atom stereocenters. The molecular weight excluding hydrogens is 461 g/mol. The lowest BCUT2D eigenvalue weighted by molar-refractivity contribution is -0.136. The summed E-state index contributed by atoms with van der Waals surface area (Å²) >= 11 is 0. The van der Waals surface area contributed by atoms with Crippen molar-refractivity contribution in [1.29, 1.82) is 0 Å². The molecule has 1 unspecified atom stereocenters. The Labute approximate surface area is 211 Å². The van der Waals surface area contributed by atoms with E-state index in [-0.39, 0.29) is 24.1 Å². The number of fused-ring (bicyclic) bond motifs is 1. The summed E-state index contributed by atoms with van der Waals surface area (Å²) in [5.41, 5.74) is 4.76. The van der Waals surface area contributed by atoms with Crippen LogP contribution in [0.3, 0.4) is 0 Å². The van der Waals surface area contributed by atoms with Crippen molar-refractivity contribution in [3.63, 3.8) is 0 Å². The fourth-order valence-corrected chi connectivity index (χ4v) is 5.40. The maximum Gasteiger partial charge on any atom is 0.303 e. The number of rotatable bonds is 11. The van der Waals surface area contributed by atoms with Crippen LogP contribution in [0.15, 0.2) is 48.8 Å². The fraction of sp³-hybridized carbons (Fsp3) is 0.414. The van der Waals surface area contributed by atoms with Crippen molar-refractivity contribution in [3.8, 4) is 11.5 Å². The summed E-state index contributed by atoms with van der Waals surface area (Å²) < 4.78 is 26.9. The summed E-state index contributed by atoms with van der Waals surface area (Å²) in [6, 6.07) is 10.7. The maximum absolute atomic E-state index is 13.8. The molecule has 3 aromatic rings. The van der Waals surface area contributed by atoms with Gasteiger partial charge in [0.2, 0.25) is 0 Å². The second kappa shape index (κ2) is 11.2. The molecule has 0 saturated carbocycles. The highest BCUT2D eigenvalue weighted by molar-refractivity contribution is 5.67. The molecule has 0 fully saturated rings. The number of halogens is 1. The third kappa shape index (κ3) is 5.90. The Bertz CT molecular complexity index is 1200. The molecule has 1 heterocycles. The Kier molecular flexibility index (Phi) is 7.99. The summed E-state index contributed by atoms with van der Waals surface area (Å²) in [7, 11) is 3.20. The molecule has 192 valence electrons. The highest BCUT2D eigenvalue weighted by Gasteiger charge is 2.30. The van der Waals surface area contributed by atoms with Crippen LogP contribution in [0.4, 0.5) is 4.39 Å². The Morgan fingerprint density at radius 2 is 1.81 bits per heavy atom. The van der Waals surface area contributed by atoms with Gasteiger partial charge in [-0.25, -0.2) is 4.39 Å². The molecule has 1 aliphatic rings. The smallest absolute Gasteiger partial charge is 0.303 e. The van der Waals surface area contributed by atoms with Gasteiger partial charge in [-0.2, -0.15) is 0 Å². The average molecular weight is 496 g/mol. The molecule has 0 aliphatic heterocycles. The molecule has 0 radical (unpaired) electrons. The number of aliphatic hydroxyl groups is 1. The van der Waals surface area contributed by atoms with E-state index in [0.717, 1.165) is 41.5 Å². The minimum Gasteiger partial charge on any atom is -0.496 e. The maximum atomic E-state index is 13.8. The fourth-order valence-electron chi connectivity index (χ4n) is 5.40. The van der Waals surface area contributed by atoms with Crippen molar-refractivity contribution in [3.05, 3.63) is 82.4 Å². The Balaban J connectivity index is 1.59. The molecule has 1 aromatic heterocycles. The van der Waals surface area contributed by atoms with Crippen LogP contribution in [0.5, 0.6) is 11.5 Å². The van der Waals surface area contributed by atoms with E-state index in [4.69, 9.17) is 14.6 Å². The number of aromatic nitrogens is 1. The van der Waals surface area contributed by atoms with Gasteiger partial charge in [-0.3, -0.25) is 4.79 Å². The zero-order chi connectivity index (χ0) is 25.8. The molecule has 7 heteroatoms. The number of benzene rings is 2. The molecule has 36 heavy (non-hydrogen) atoms. The monoisotopic (exact) mass is 495 g/mol. The molecule has 2 N–H and O–H groups in total. The molecule has 0 bridgehead atoms. The van der Waals surface area contributed by atoms with Crippen LogP contribution in [0.25, 0.3) is 0 Å². The minimum atomic E-state index is -0.824. The van der Waals surface area contributed by atoms with Gasteiger partial charge >= 0.3 is 5.97 Å². The number of methoxy groups -OCH3 is 2. The Morgan fingerprint density at radius 1 is 1.11 bits per heavy atom. The number of hydrogen-bond acceptors (Lipinski definition) is 4. The number of ether oxygens (including phenoxy) is 2. The molecule has 0 saturated heterocycles. The van der Waals surface area contributed by atoms with Crippen molar-refractivity contribution in [2.75, 3.05) is 14.2 Å². The van der Waals surface area contributed by atoms with Crippen molar-refractivity contribution in [2.45, 2.75) is 51.7 Å². The third-order valence-electron chi connectivity index (χ3n) is 7.27. The lowest BCUT2D eigenvalue weighted by atomic mass is 9.85. The summed E-state index contributed by atoms with van der Waals surface area (Å²) in [6.45, 7) is 2.48. The zero-order valence-corrected chi connectivity index (χ0v) is 21.0. The van der Waals surface area contributed by atoms with Gasteiger partial charge in [-0.05, 0) is 91.1 Å². The summed E-state index contributed by atoms with van der Waals surface area (Å²) in [5.74, 6) is 0.427. The van der Waals surface area contributed by atoms with Gasteiger partial charge in [0.15, 0.2) is 0 Å². The lowest BCUT2D eigenvalue weighted by Gasteiger charge is -2.27. The first-order chi connectivity index (χ1) is 17.3. The molecule has 4 rings (SSSR count). The van der Waals surface area contributed by atoms with Gasteiger partial charge in [0.1, 0.15) is 17.3 Å². The Hall–Kier alpha value is -3.32. The highest BCUT2D eigenvalue weighted by Crippen LogP contribution is 2.39. The van der Waals surface area contributed by atoms with Crippen LogP contribution in [-0.4, -0.2) is 35.0 Å². The van der Waals surface area contributed by atoms with Crippen molar-refractivity contribution in [1.82, 2.24) is 4.57 Å².